The molecule has 0 aliphatic carbocycles. The van der Waals surface area contributed by atoms with Gasteiger partial charge in [0.25, 0.3) is 0 Å². The number of nitrogens with zero attached hydrogens (tertiary/aromatic N) is 1. The molecule has 0 unspecified atom stereocenters. The summed E-state index contributed by atoms with van der Waals surface area (Å²) >= 11 is 0. The number of ether oxygens (including phenoxy) is 1. The molecule has 0 saturated carbocycles. The zero-order chi connectivity index (χ0) is 13.3. The highest BCUT2D eigenvalue weighted by molar-refractivity contribution is 5.74. The van der Waals surface area contributed by atoms with E-state index in [0.717, 1.165) is 34.1 Å². The van der Waals surface area contributed by atoms with E-state index in [9.17, 15) is 0 Å². The van der Waals surface area contributed by atoms with Gasteiger partial charge in [-0.2, -0.15) is 0 Å². The molecule has 1 heterocycles. The fraction of sp³-hybridized carbons (Fsp3) is 0.267. The molecular formula is C15H18N2O. The molecule has 2 rings (SSSR count). The molecule has 0 atom stereocenters. The van der Waals surface area contributed by atoms with Crippen LogP contribution in [0.15, 0.2) is 18.7 Å². The number of methoxy groups -OCH3 is 1. The third-order valence-corrected chi connectivity index (χ3v) is 3.05. The zero-order valence-corrected chi connectivity index (χ0v) is 11.3. The number of hydrogen-bond donors (Lipinski definition) is 1. The van der Waals surface area contributed by atoms with E-state index < -0.39 is 0 Å². The normalized spacial score (nSPS) is 10.4. The molecule has 1 aromatic heterocycles. The number of benzene rings is 1. The summed E-state index contributed by atoms with van der Waals surface area (Å²) in [4.78, 5) is 7.70. The fourth-order valence-corrected chi connectivity index (χ4v) is 2.18. The van der Waals surface area contributed by atoms with Crippen molar-refractivity contribution in [3.05, 3.63) is 41.4 Å². The van der Waals surface area contributed by atoms with Crippen LogP contribution in [0.1, 0.15) is 22.6 Å². The highest BCUT2D eigenvalue weighted by Gasteiger charge is 2.12. The monoisotopic (exact) mass is 242 g/mol. The lowest BCUT2D eigenvalue weighted by Crippen LogP contribution is -1.92. The van der Waals surface area contributed by atoms with Crippen molar-refractivity contribution in [2.45, 2.75) is 20.8 Å². The molecule has 3 heteroatoms. The molecule has 0 aliphatic rings. The van der Waals surface area contributed by atoms with E-state index in [1.807, 2.05) is 19.9 Å². The molecule has 2 aromatic rings. The van der Waals surface area contributed by atoms with Crippen LogP contribution in [0.4, 0.5) is 0 Å². The largest absolute Gasteiger partial charge is 0.496 e. The lowest BCUT2D eigenvalue weighted by molar-refractivity contribution is 0.412. The molecule has 94 valence electrons. The third-order valence-electron chi connectivity index (χ3n) is 3.05. The molecular weight excluding hydrogens is 224 g/mol. The molecule has 0 amide bonds. The minimum absolute atomic E-state index is 0.876. The van der Waals surface area contributed by atoms with Crippen LogP contribution in [0, 0.1) is 20.8 Å². The SMILES string of the molecule is C=Cc1nc(C)[nH]c1-c1cc(OC)c(C)cc1C. The van der Waals surface area contributed by atoms with Crippen LogP contribution in [-0.4, -0.2) is 17.1 Å². The first-order chi connectivity index (χ1) is 8.56. The maximum atomic E-state index is 5.38. The molecule has 18 heavy (non-hydrogen) atoms. The van der Waals surface area contributed by atoms with Crippen molar-refractivity contribution < 1.29 is 4.74 Å². The van der Waals surface area contributed by atoms with Crippen molar-refractivity contribution in [1.82, 2.24) is 9.97 Å². The van der Waals surface area contributed by atoms with Crippen LogP contribution in [0.2, 0.25) is 0 Å². The lowest BCUT2D eigenvalue weighted by Gasteiger charge is -2.11. The van der Waals surface area contributed by atoms with Crippen molar-refractivity contribution in [1.29, 1.82) is 0 Å². The Balaban J connectivity index is 2.66. The van der Waals surface area contributed by atoms with Gasteiger partial charge in [0.05, 0.1) is 18.5 Å². The van der Waals surface area contributed by atoms with Crippen molar-refractivity contribution >= 4 is 6.08 Å². The number of aromatic nitrogens is 2. The minimum atomic E-state index is 0.876. The average Bonchev–Trinajstić information content (AvgIpc) is 2.70. The number of aryl methyl sites for hydroxylation is 3. The zero-order valence-electron chi connectivity index (χ0n) is 11.3. The summed E-state index contributed by atoms with van der Waals surface area (Å²) < 4.78 is 5.38. The minimum Gasteiger partial charge on any atom is -0.496 e. The molecule has 0 radical (unpaired) electrons. The van der Waals surface area contributed by atoms with Crippen LogP contribution in [-0.2, 0) is 0 Å². The Labute approximate surface area is 108 Å². The van der Waals surface area contributed by atoms with Crippen LogP contribution in [0.25, 0.3) is 17.3 Å². The average molecular weight is 242 g/mol. The summed E-state index contributed by atoms with van der Waals surface area (Å²) in [5, 5.41) is 0. The van der Waals surface area contributed by atoms with Gasteiger partial charge in [-0.3, -0.25) is 0 Å². The Kier molecular flexibility index (Phi) is 3.24. The molecule has 0 fully saturated rings. The maximum Gasteiger partial charge on any atom is 0.122 e. The summed E-state index contributed by atoms with van der Waals surface area (Å²) in [6, 6.07) is 4.17. The summed E-state index contributed by atoms with van der Waals surface area (Å²) in [7, 11) is 1.69. The summed E-state index contributed by atoms with van der Waals surface area (Å²) in [6.45, 7) is 9.88. The van der Waals surface area contributed by atoms with E-state index in [4.69, 9.17) is 4.74 Å². The Morgan fingerprint density at radius 3 is 2.56 bits per heavy atom. The second kappa shape index (κ2) is 4.69. The van der Waals surface area contributed by atoms with E-state index in [1.54, 1.807) is 13.2 Å². The molecule has 1 aromatic carbocycles. The molecule has 3 nitrogen and oxygen atoms in total. The van der Waals surface area contributed by atoms with Crippen LogP contribution in [0.5, 0.6) is 5.75 Å². The van der Waals surface area contributed by atoms with Gasteiger partial charge in [0.2, 0.25) is 0 Å². The van der Waals surface area contributed by atoms with Gasteiger partial charge in [-0.05, 0) is 44.0 Å². The summed E-state index contributed by atoms with van der Waals surface area (Å²) in [6.07, 6.45) is 1.77. The topological polar surface area (TPSA) is 37.9 Å². The second-order valence-electron chi connectivity index (χ2n) is 4.42. The highest BCUT2D eigenvalue weighted by Crippen LogP contribution is 2.31. The highest BCUT2D eigenvalue weighted by atomic mass is 16.5. The first kappa shape index (κ1) is 12.4. The first-order valence-electron chi connectivity index (χ1n) is 5.91. The predicted molar refractivity (Wildman–Crippen MR) is 74.9 cm³/mol. The number of rotatable bonds is 3. The third kappa shape index (κ3) is 2.04. The lowest BCUT2D eigenvalue weighted by atomic mass is 10.0. The Morgan fingerprint density at radius 1 is 1.22 bits per heavy atom. The summed E-state index contributed by atoms with van der Waals surface area (Å²) in [5.74, 6) is 1.77. The smallest absolute Gasteiger partial charge is 0.122 e. The van der Waals surface area contributed by atoms with Crippen LogP contribution >= 0.6 is 0 Å². The van der Waals surface area contributed by atoms with E-state index in [2.05, 4.69) is 29.5 Å². The fourth-order valence-electron chi connectivity index (χ4n) is 2.18. The molecule has 1 N–H and O–H groups in total. The van der Waals surface area contributed by atoms with Crippen molar-refractivity contribution in [2.75, 3.05) is 7.11 Å². The van der Waals surface area contributed by atoms with Gasteiger partial charge < -0.3 is 9.72 Å². The Morgan fingerprint density at radius 2 is 1.94 bits per heavy atom. The van der Waals surface area contributed by atoms with Gasteiger partial charge in [-0.25, -0.2) is 4.98 Å². The first-order valence-corrected chi connectivity index (χ1v) is 5.91. The standard InChI is InChI=1S/C15H18N2O/c1-6-13-15(17-11(4)16-13)12-8-14(18-5)10(3)7-9(12)2/h6-8H,1H2,2-5H3,(H,16,17). The van der Waals surface area contributed by atoms with Gasteiger partial charge in [0.1, 0.15) is 11.6 Å². The van der Waals surface area contributed by atoms with Crippen molar-refractivity contribution in [3.8, 4) is 17.0 Å². The van der Waals surface area contributed by atoms with Crippen LogP contribution < -0.4 is 4.74 Å². The predicted octanol–water partition coefficient (Wildman–Crippen LogP) is 3.65. The van der Waals surface area contributed by atoms with Crippen LogP contribution in [0.3, 0.4) is 0 Å². The van der Waals surface area contributed by atoms with Gasteiger partial charge in [-0.1, -0.05) is 12.6 Å². The van der Waals surface area contributed by atoms with E-state index in [0.29, 0.717) is 0 Å². The molecule has 0 aliphatic heterocycles. The summed E-state index contributed by atoms with van der Waals surface area (Å²) in [5.41, 5.74) is 5.31. The van der Waals surface area contributed by atoms with Gasteiger partial charge in [0.15, 0.2) is 0 Å². The van der Waals surface area contributed by atoms with Gasteiger partial charge >= 0.3 is 0 Å². The Hall–Kier alpha value is -2.03. The molecule has 0 bridgehead atoms. The second-order valence-corrected chi connectivity index (χ2v) is 4.42. The van der Waals surface area contributed by atoms with Crippen molar-refractivity contribution in [2.24, 2.45) is 0 Å². The number of nitrogens with one attached hydrogen (secondary N) is 1. The quantitative estimate of drug-likeness (QED) is 0.892. The number of imidazole rings is 1. The molecule has 0 spiro atoms. The van der Waals surface area contributed by atoms with Gasteiger partial charge in [-0.15, -0.1) is 0 Å². The number of aromatic amines is 1. The Bertz CT molecular complexity index is 597. The number of hydrogen-bond acceptors (Lipinski definition) is 2. The van der Waals surface area contributed by atoms with E-state index >= 15 is 0 Å². The maximum absolute atomic E-state index is 5.38. The van der Waals surface area contributed by atoms with E-state index in [-0.39, 0.29) is 0 Å². The number of H-pyrrole nitrogens is 1. The molecule has 0 saturated heterocycles. The van der Waals surface area contributed by atoms with E-state index in [1.165, 1.54) is 5.56 Å². The van der Waals surface area contributed by atoms with Crippen molar-refractivity contribution in [3.63, 3.8) is 0 Å². The van der Waals surface area contributed by atoms with Gasteiger partial charge in [0, 0.05) is 5.56 Å².